The zero-order valence-electron chi connectivity index (χ0n) is 14.7. The number of amides is 1. The molecule has 0 aliphatic carbocycles. The number of halogens is 1. The number of nitrogens with two attached hydrogens (primary N) is 1. The number of nitrogen functional groups attached to an aromatic ring is 1. The van der Waals surface area contributed by atoms with Crippen LogP contribution < -0.4 is 11.1 Å². The van der Waals surface area contributed by atoms with Crippen LogP contribution in [0.5, 0.6) is 0 Å². The van der Waals surface area contributed by atoms with Gasteiger partial charge < -0.3 is 15.8 Å². The van der Waals surface area contributed by atoms with E-state index in [1.165, 1.54) is 7.11 Å². The number of thioether (sulfide) groups is 1. The number of nitrogens with one attached hydrogen (secondary N) is 1. The predicted octanol–water partition coefficient (Wildman–Crippen LogP) is 3.38. The molecule has 1 atom stereocenters. The third kappa shape index (κ3) is 5.68. The van der Waals surface area contributed by atoms with E-state index in [9.17, 15) is 9.59 Å². The Balaban J connectivity index is 0.00000338. The van der Waals surface area contributed by atoms with E-state index in [0.717, 1.165) is 16.9 Å². The minimum absolute atomic E-state index is 0. The first kappa shape index (κ1) is 21.9. The van der Waals surface area contributed by atoms with E-state index in [1.807, 2.05) is 36.6 Å². The van der Waals surface area contributed by atoms with Crippen LogP contribution >= 0.6 is 24.2 Å². The number of benzene rings is 2. The van der Waals surface area contributed by atoms with Gasteiger partial charge in [0.15, 0.2) is 0 Å². The summed E-state index contributed by atoms with van der Waals surface area (Å²) in [6, 6.07) is 14.0. The molecule has 0 aliphatic rings. The molecule has 3 N–H and O–H groups in total. The summed E-state index contributed by atoms with van der Waals surface area (Å²) < 4.78 is 4.80. The summed E-state index contributed by atoms with van der Waals surface area (Å²) in [6.07, 6.45) is 2.46. The maximum atomic E-state index is 12.8. The van der Waals surface area contributed by atoms with Crippen LogP contribution in [0.2, 0.25) is 0 Å². The van der Waals surface area contributed by atoms with Gasteiger partial charge in [0.05, 0.1) is 7.11 Å². The maximum Gasteiger partial charge on any atom is 0.328 e. The van der Waals surface area contributed by atoms with Crippen molar-refractivity contribution in [1.29, 1.82) is 0 Å². The van der Waals surface area contributed by atoms with Crippen molar-refractivity contribution in [3.05, 3.63) is 54.1 Å². The number of carbonyl (C=O) groups excluding carboxylic acids is 2. The molecule has 0 heterocycles. The second-order valence-corrected chi connectivity index (χ2v) is 6.49. The molecule has 140 valence electrons. The third-order valence-corrected chi connectivity index (χ3v) is 4.42. The van der Waals surface area contributed by atoms with Gasteiger partial charge in [-0.2, -0.15) is 11.8 Å². The largest absolute Gasteiger partial charge is 0.467 e. The lowest BCUT2D eigenvalue weighted by molar-refractivity contribution is -0.142. The SMILES string of the molecule is COC(=O)[C@H](CCSC)NC(=O)c1ccc(N)cc1-c1ccccc1.Cl. The first-order valence-corrected chi connectivity index (χ1v) is 9.28. The van der Waals surface area contributed by atoms with Gasteiger partial charge in [-0.15, -0.1) is 12.4 Å². The molecule has 2 rings (SSSR count). The van der Waals surface area contributed by atoms with Crippen LogP contribution in [0.15, 0.2) is 48.5 Å². The molecule has 0 unspecified atom stereocenters. The Kier molecular flexibility index (Phi) is 9.02. The van der Waals surface area contributed by atoms with Gasteiger partial charge in [-0.3, -0.25) is 4.79 Å². The molecule has 5 nitrogen and oxygen atoms in total. The van der Waals surface area contributed by atoms with Crippen molar-refractivity contribution in [2.75, 3.05) is 24.9 Å². The lowest BCUT2D eigenvalue weighted by Gasteiger charge is -2.17. The van der Waals surface area contributed by atoms with E-state index in [1.54, 1.807) is 30.0 Å². The zero-order chi connectivity index (χ0) is 18.2. The van der Waals surface area contributed by atoms with Crippen LogP contribution in [0, 0.1) is 0 Å². The highest BCUT2D eigenvalue weighted by atomic mass is 35.5. The third-order valence-electron chi connectivity index (χ3n) is 3.77. The highest BCUT2D eigenvalue weighted by Crippen LogP contribution is 2.26. The van der Waals surface area contributed by atoms with Gasteiger partial charge in [-0.25, -0.2) is 4.79 Å². The summed E-state index contributed by atoms with van der Waals surface area (Å²) in [7, 11) is 1.32. The van der Waals surface area contributed by atoms with Gasteiger partial charge in [-0.05, 0) is 47.8 Å². The second kappa shape index (κ2) is 10.7. The van der Waals surface area contributed by atoms with E-state index in [0.29, 0.717) is 17.7 Å². The summed E-state index contributed by atoms with van der Waals surface area (Å²) in [5.41, 5.74) is 8.55. The van der Waals surface area contributed by atoms with Crippen molar-refractivity contribution in [1.82, 2.24) is 5.32 Å². The Labute approximate surface area is 164 Å². The lowest BCUT2D eigenvalue weighted by atomic mass is 9.98. The molecular weight excluding hydrogens is 372 g/mol. The van der Waals surface area contributed by atoms with E-state index < -0.39 is 12.0 Å². The smallest absolute Gasteiger partial charge is 0.328 e. The van der Waals surface area contributed by atoms with Gasteiger partial charge >= 0.3 is 5.97 Å². The van der Waals surface area contributed by atoms with E-state index >= 15 is 0 Å². The van der Waals surface area contributed by atoms with E-state index in [2.05, 4.69) is 5.32 Å². The fourth-order valence-corrected chi connectivity index (χ4v) is 2.95. The van der Waals surface area contributed by atoms with Gasteiger partial charge in [0.1, 0.15) is 6.04 Å². The Morgan fingerprint density at radius 1 is 1.19 bits per heavy atom. The average Bonchev–Trinajstić information content (AvgIpc) is 2.64. The molecule has 0 aliphatic heterocycles. The summed E-state index contributed by atoms with van der Waals surface area (Å²) in [5.74, 6) is -0.0256. The maximum absolute atomic E-state index is 12.8. The van der Waals surface area contributed by atoms with Crippen molar-refractivity contribution in [3.63, 3.8) is 0 Å². The average molecular weight is 395 g/mol. The van der Waals surface area contributed by atoms with Crippen LogP contribution in [0.3, 0.4) is 0 Å². The number of carbonyl (C=O) groups is 2. The Morgan fingerprint density at radius 2 is 1.88 bits per heavy atom. The van der Waals surface area contributed by atoms with Crippen molar-refractivity contribution in [3.8, 4) is 11.1 Å². The van der Waals surface area contributed by atoms with Crippen molar-refractivity contribution in [2.24, 2.45) is 0 Å². The summed E-state index contributed by atoms with van der Waals surface area (Å²) in [4.78, 5) is 24.7. The highest BCUT2D eigenvalue weighted by molar-refractivity contribution is 7.98. The molecule has 0 bridgehead atoms. The second-order valence-electron chi connectivity index (χ2n) is 5.50. The minimum Gasteiger partial charge on any atom is -0.467 e. The van der Waals surface area contributed by atoms with Crippen molar-refractivity contribution < 1.29 is 14.3 Å². The molecular formula is C19H23ClN2O3S. The minimum atomic E-state index is -0.675. The lowest BCUT2D eigenvalue weighted by Crippen LogP contribution is -2.42. The number of hydrogen-bond donors (Lipinski definition) is 2. The summed E-state index contributed by atoms with van der Waals surface area (Å²) >= 11 is 1.61. The monoisotopic (exact) mass is 394 g/mol. The molecule has 0 fully saturated rings. The van der Waals surface area contributed by atoms with Gasteiger partial charge in [0.2, 0.25) is 0 Å². The number of hydrogen-bond acceptors (Lipinski definition) is 5. The molecule has 0 saturated heterocycles. The number of ether oxygens (including phenoxy) is 1. The van der Waals surface area contributed by atoms with Crippen molar-refractivity contribution in [2.45, 2.75) is 12.5 Å². The van der Waals surface area contributed by atoms with Crippen LogP contribution in [-0.2, 0) is 9.53 Å². The number of anilines is 1. The van der Waals surface area contributed by atoms with E-state index in [4.69, 9.17) is 10.5 Å². The number of rotatable bonds is 7. The molecule has 26 heavy (non-hydrogen) atoms. The Morgan fingerprint density at radius 3 is 2.50 bits per heavy atom. The summed E-state index contributed by atoms with van der Waals surface area (Å²) in [6.45, 7) is 0. The Bertz CT molecular complexity index is 741. The summed E-state index contributed by atoms with van der Waals surface area (Å²) in [5, 5.41) is 2.78. The number of methoxy groups -OCH3 is 1. The molecule has 2 aromatic rings. The zero-order valence-corrected chi connectivity index (χ0v) is 16.4. The van der Waals surface area contributed by atoms with Gasteiger partial charge in [-0.1, -0.05) is 30.3 Å². The van der Waals surface area contributed by atoms with Crippen LogP contribution in [0.25, 0.3) is 11.1 Å². The molecule has 0 spiro atoms. The molecule has 1 amide bonds. The first-order chi connectivity index (χ1) is 12.1. The fourth-order valence-electron chi connectivity index (χ4n) is 2.48. The topological polar surface area (TPSA) is 81.4 Å². The normalized spacial score (nSPS) is 11.2. The molecule has 2 aromatic carbocycles. The van der Waals surface area contributed by atoms with Crippen LogP contribution in [0.1, 0.15) is 16.8 Å². The number of esters is 1. The first-order valence-electron chi connectivity index (χ1n) is 7.89. The van der Waals surface area contributed by atoms with Crippen LogP contribution in [0.4, 0.5) is 5.69 Å². The molecule has 0 saturated carbocycles. The van der Waals surface area contributed by atoms with Gasteiger partial charge in [0.25, 0.3) is 5.91 Å². The molecule has 0 aromatic heterocycles. The Hall–Kier alpha value is -2.18. The standard InChI is InChI=1S/C19H22N2O3S.ClH/c1-24-19(23)17(10-11-25-2)21-18(22)15-9-8-14(20)12-16(15)13-6-4-3-5-7-13;/h3-9,12,17H,10-11,20H2,1-2H3,(H,21,22);1H/t17-;/m0./s1. The van der Waals surface area contributed by atoms with E-state index in [-0.39, 0.29) is 18.3 Å². The quantitative estimate of drug-likeness (QED) is 0.555. The van der Waals surface area contributed by atoms with Crippen LogP contribution in [-0.4, -0.2) is 37.0 Å². The molecule has 0 radical (unpaired) electrons. The highest BCUT2D eigenvalue weighted by Gasteiger charge is 2.23. The van der Waals surface area contributed by atoms with Gasteiger partial charge in [0, 0.05) is 11.3 Å². The molecule has 7 heteroatoms. The van der Waals surface area contributed by atoms with Crippen molar-refractivity contribution >= 4 is 41.7 Å². The predicted molar refractivity (Wildman–Crippen MR) is 110 cm³/mol. The fraction of sp³-hybridized carbons (Fsp3) is 0.263.